The van der Waals surface area contributed by atoms with Gasteiger partial charge in [0.2, 0.25) is 0 Å². The Hall–Kier alpha value is -3.48. The summed E-state index contributed by atoms with van der Waals surface area (Å²) in [5.74, 6) is -0.165. The number of halogens is 1. The van der Waals surface area contributed by atoms with Gasteiger partial charge < -0.3 is 10.2 Å². The van der Waals surface area contributed by atoms with Crippen molar-refractivity contribution in [3.05, 3.63) is 86.2 Å². The first kappa shape index (κ1) is 24.2. The minimum absolute atomic E-state index is 0.0450. The van der Waals surface area contributed by atoms with Crippen molar-refractivity contribution in [3.8, 4) is 11.4 Å². The predicted molar refractivity (Wildman–Crippen MR) is 138 cm³/mol. The normalized spacial score (nSPS) is 15.1. The van der Waals surface area contributed by atoms with Gasteiger partial charge >= 0.3 is 0 Å². The Morgan fingerprint density at radius 3 is 2.61 bits per heavy atom. The molecule has 1 aliphatic heterocycles. The first-order valence-corrected chi connectivity index (χ1v) is 14.0. The van der Waals surface area contributed by atoms with Gasteiger partial charge in [0.1, 0.15) is 5.69 Å². The molecular weight excluding hydrogens is 524 g/mol. The largest absolute Gasteiger partial charge is 0.368 e. The number of amides is 1. The fraction of sp³-hybridized carbons (Fsp3) is 0.217. The van der Waals surface area contributed by atoms with Crippen LogP contribution in [-0.2, 0) is 16.4 Å². The van der Waals surface area contributed by atoms with E-state index in [2.05, 4.69) is 15.6 Å². The number of nitrogens with zero attached hydrogens (tertiary/aromatic N) is 5. The Morgan fingerprint density at radius 1 is 1.08 bits per heavy atom. The molecule has 1 aliphatic rings. The summed E-state index contributed by atoms with van der Waals surface area (Å²) in [6, 6.07) is 13.7. The molecule has 10 nitrogen and oxygen atoms in total. The van der Waals surface area contributed by atoms with E-state index >= 15 is 0 Å². The molecule has 36 heavy (non-hydrogen) atoms. The summed E-state index contributed by atoms with van der Waals surface area (Å²) in [5.41, 5.74) is 2.42. The number of sulfone groups is 1. The quantitative estimate of drug-likeness (QED) is 0.395. The molecule has 0 aliphatic carbocycles. The van der Waals surface area contributed by atoms with Gasteiger partial charge in [-0.15, -0.1) is 16.4 Å². The molecule has 0 radical (unpaired) electrons. The van der Waals surface area contributed by atoms with Crippen molar-refractivity contribution >= 4 is 44.4 Å². The molecule has 1 fully saturated rings. The minimum Gasteiger partial charge on any atom is -0.368 e. The zero-order valence-electron chi connectivity index (χ0n) is 18.9. The number of carbonyl (C=O) groups excluding carboxylic acids is 1. The number of rotatable bonds is 6. The van der Waals surface area contributed by atoms with E-state index in [1.807, 2.05) is 17.0 Å². The van der Waals surface area contributed by atoms with E-state index in [9.17, 15) is 18.0 Å². The lowest BCUT2D eigenvalue weighted by molar-refractivity contribution is 0.0954. The molecule has 5 rings (SSSR count). The molecule has 0 bridgehead atoms. The van der Waals surface area contributed by atoms with Gasteiger partial charge in [0.05, 0.1) is 50.5 Å². The van der Waals surface area contributed by atoms with Crippen LogP contribution in [0.25, 0.3) is 11.4 Å². The lowest BCUT2D eigenvalue weighted by Gasteiger charge is -2.30. The zero-order chi connectivity index (χ0) is 25.3. The highest BCUT2D eigenvalue weighted by Crippen LogP contribution is 2.28. The summed E-state index contributed by atoms with van der Waals surface area (Å²) in [6.07, 6.45) is 3.38. The highest BCUT2D eigenvalue weighted by atomic mass is 35.5. The Bertz CT molecular complexity index is 1580. The van der Waals surface area contributed by atoms with Crippen molar-refractivity contribution in [2.45, 2.75) is 6.54 Å². The first-order valence-electron chi connectivity index (χ1n) is 11.0. The number of anilines is 1. The maximum absolute atomic E-state index is 12.4. The van der Waals surface area contributed by atoms with Crippen molar-refractivity contribution < 1.29 is 13.2 Å². The summed E-state index contributed by atoms with van der Waals surface area (Å²) in [6.45, 7) is 0.816. The van der Waals surface area contributed by atoms with Crippen molar-refractivity contribution in [2.24, 2.45) is 0 Å². The molecule has 3 aromatic heterocycles. The van der Waals surface area contributed by atoms with E-state index in [1.54, 1.807) is 47.4 Å². The van der Waals surface area contributed by atoms with Gasteiger partial charge in [0.25, 0.3) is 11.5 Å². The van der Waals surface area contributed by atoms with Gasteiger partial charge in [-0.1, -0.05) is 22.9 Å². The number of pyridine rings is 1. The molecule has 4 heterocycles. The molecule has 1 aromatic carbocycles. The van der Waals surface area contributed by atoms with Crippen LogP contribution in [0.4, 0.5) is 5.69 Å². The number of hydrogen-bond donors (Lipinski definition) is 1. The molecule has 1 N–H and O–H groups in total. The molecule has 0 saturated carbocycles. The van der Waals surface area contributed by atoms with Crippen LogP contribution in [0.1, 0.15) is 15.4 Å². The van der Waals surface area contributed by atoms with Crippen LogP contribution >= 0.6 is 22.9 Å². The van der Waals surface area contributed by atoms with Crippen molar-refractivity contribution in [1.82, 2.24) is 24.9 Å². The zero-order valence-corrected chi connectivity index (χ0v) is 21.3. The van der Waals surface area contributed by atoms with Gasteiger partial charge in [-0.05, 0) is 36.4 Å². The van der Waals surface area contributed by atoms with E-state index in [-0.39, 0.29) is 29.5 Å². The third kappa shape index (κ3) is 5.20. The molecule has 0 unspecified atom stereocenters. The average Bonchev–Trinajstić information content (AvgIpc) is 3.52. The number of thiophene rings is 1. The monoisotopic (exact) mass is 544 g/mol. The van der Waals surface area contributed by atoms with E-state index in [0.717, 1.165) is 5.69 Å². The van der Waals surface area contributed by atoms with Crippen molar-refractivity contribution in [2.75, 3.05) is 29.5 Å². The summed E-state index contributed by atoms with van der Waals surface area (Å²) in [4.78, 5) is 27.2. The maximum Gasteiger partial charge on any atom is 0.261 e. The minimum atomic E-state index is -3.08. The smallest absolute Gasteiger partial charge is 0.261 e. The highest BCUT2D eigenvalue weighted by molar-refractivity contribution is 7.91. The third-order valence-electron chi connectivity index (χ3n) is 5.76. The Labute approximate surface area is 215 Å². The van der Waals surface area contributed by atoms with Crippen LogP contribution in [-0.4, -0.2) is 58.5 Å². The average molecular weight is 545 g/mol. The van der Waals surface area contributed by atoms with Gasteiger partial charge in [0.15, 0.2) is 9.84 Å². The maximum atomic E-state index is 12.4. The number of nitrogens with one attached hydrogen (secondary N) is 1. The molecule has 1 saturated heterocycles. The second-order valence-electron chi connectivity index (χ2n) is 8.16. The SMILES string of the molecule is O=C(NCc1cn(-c2ccc(-n3ccccc3=O)cc2N2CCS(=O)(=O)CC2)nn1)c1ccc(Cl)s1. The Balaban J connectivity index is 1.44. The molecule has 0 spiro atoms. The predicted octanol–water partition coefficient (Wildman–Crippen LogP) is 2.30. The molecular formula is C23H21ClN6O4S2. The van der Waals surface area contributed by atoms with E-state index < -0.39 is 9.84 Å². The fourth-order valence-electron chi connectivity index (χ4n) is 3.89. The Kier molecular flexibility index (Phi) is 6.65. The topological polar surface area (TPSA) is 119 Å². The first-order chi connectivity index (χ1) is 17.3. The van der Waals surface area contributed by atoms with Crippen LogP contribution in [0.2, 0.25) is 4.34 Å². The van der Waals surface area contributed by atoms with Gasteiger partial charge in [0, 0.05) is 25.4 Å². The number of aromatic nitrogens is 4. The van der Waals surface area contributed by atoms with Crippen LogP contribution in [0.15, 0.2) is 65.7 Å². The molecule has 0 atom stereocenters. The van der Waals surface area contributed by atoms with Crippen LogP contribution in [0, 0.1) is 0 Å². The molecule has 4 aromatic rings. The summed E-state index contributed by atoms with van der Waals surface area (Å²) in [5, 5.41) is 11.2. The van der Waals surface area contributed by atoms with Gasteiger partial charge in [-0.2, -0.15) is 0 Å². The fourth-order valence-corrected chi connectivity index (χ4v) is 6.05. The number of hydrogen-bond acceptors (Lipinski definition) is 8. The van der Waals surface area contributed by atoms with Crippen LogP contribution < -0.4 is 15.8 Å². The van der Waals surface area contributed by atoms with Gasteiger partial charge in [-0.3, -0.25) is 14.2 Å². The second-order valence-corrected chi connectivity index (χ2v) is 12.2. The van der Waals surface area contributed by atoms with E-state index in [4.69, 9.17) is 11.6 Å². The standard InChI is InChI=1S/C23H21ClN6O4S2/c24-21-7-6-20(35-21)23(32)25-14-16-15-30(27-26-16)18-5-4-17(29-8-2-1-3-22(29)31)13-19(18)28-9-11-36(33,34)12-10-28/h1-8,13,15H,9-12,14H2,(H,25,32). The molecule has 1 amide bonds. The summed E-state index contributed by atoms with van der Waals surface area (Å²) < 4.78 is 27.7. The molecule has 13 heteroatoms. The lowest BCUT2D eigenvalue weighted by atomic mass is 10.2. The number of carbonyl (C=O) groups is 1. The Morgan fingerprint density at radius 2 is 1.89 bits per heavy atom. The van der Waals surface area contributed by atoms with E-state index in [1.165, 1.54) is 22.0 Å². The van der Waals surface area contributed by atoms with Crippen molar-refractivity contribution in [1.29, 1.82) is 0 Å². The third-order valence-corrected chi connectivity index (χ3v) is 8.60. The van der Waals surface area contributed by atoms with Crippen LogP contribution in [0.5, 0.6) is 0 Å². The van der Waals surface area contributed by atoms with E-state index in [0.29, 0.717) is 39.4 Å². The van der Waals surface area contributed by atoms with Crippen LogP contribution in [0.3, 0.4) is 0 Å². The number of benzene rings is 1. The van der Waals surface area contributed by atoms with Crippen molar-refractivity contribution in [3.63, 3.8) is 0 Å². The summed E-state index contributed by atoms with van der Waals surface area (Å²) in [7, 11) is -3.08. The highest BCUT2D eigenvalue weighted by Gasteiger charge is 2.24. The lowest BCUT2D eigenvalue weighted by Crippen LogP contribution is -2.40. The summed E-state index contributed by atoms with van der Waals surface area (Å²) >= 11 is 7.09. The second kappa shape index (κ2) is 9.88. The molecule has 186 valence electrons. The van der Waals surface area contributed by atoms with Gasteiger partial charge in [-0.25, -0.2) is 13.1 Å².